The Morgan fingerprint density at radius 2 is 1.65 bits per heavy atom. The number of rotatable bonds is 9. The number of aryl methyl sites for hydroxylation is 2. The van der Waals surface area contributed by atoms with Crippen LogP contribution in [-0.2, 0) is 0 Å². The van der Waals surface area contributed by atoms with Gasteiger partial charge in [-0.25, -0.2) is 0 Å². The highest BCUT2D eigenvalue weighted by molar-refractivity contribution is 7.60. The highest BCUT2D eigenvalue weighted by Crippen LogP contribution is 2.52. The summed E-state index contributed by atoms with van der Waals surface area (Å²) in [5.41, 5.74) is 2.09. The van der Waals surface area contributed by atoms with Crippen LogP contribution in [0.15, 0.2) is 18.2 Å². The minimum atomic E-state index is -3.26. The summed E-state index contributed by atoms with van der Waals surface area (Å²) < 4.78 is 5.44. The molecule has 114 valence electrons. The van der Waals surface area contributed by atoms with Crippen LogP contribution < -0.4 is 4.52 Å². The molecule has 20 heavy (non-hydrogen) atoms. The van der Waals surface area contributed by atoms with Gasteiger partial charge in [-0.15, -0.1) is 0 Å². The number of hydrogen-bond acceptors (Lipinski definition) is 3. The Balaban J connectivity index is 2.36. The molecule has 0 amide bonds. The maximum Gasteiger partial charge on any atom is 0.451 e. The lowest BCUT2D eigenvalue weighted by atomic mass is 10.1. The summed E-state index contributed by atoms with van der Waals surface area (Å²) in [6, 6.07) is 5.72. The van der Waals surface area contributed by atoms with Gasteiger partial charge in [-0.1, -0.05) is 50.3 Å². The van der Waals surface area contributed by atoms with E-state index in [1.54, 1.807) is 0 Å². The van der Waals surface area contributed by atoms with Gasteiger partial charge in [0.25, 0.3) is 0 Å². The fourth-order valence-corrected chi connectivity index (χ4v) is 3.45. The molecule has 0 heterocycles. The molecule has 2 N–H and O–H groups in total. The molecule has 1 aromatic rings. The van der Waals surface area contributed by atoms with Gasteiger partial charge in [0.15, 0.2) is 5.75 Å². The van der Waals surface area contributed by atoms with Crippen molar-refractivity contribution in [2.24, 2.45) is 0 Å². The maximum atomic E-state index is 10.0. The monoisotopic (exact) mass is 299 g/mol. The van der Waals surface area contributed by atoms with Crippen LogP contribution in [0.3, 0.4) is 0 Å². The molecule has 0 radical (unpaired) electrons. The molecular formula is C16H28O3P+. The van der Waals surface area contributed by atoms with Gasteiger partial charge in [-0.3, -0.25) is 4.52 Å². The summed E-state index contributed by atoms with van der Waals surface area (Å²) in [5.74, 6) is 0.583. The lowest BCUT2D eigenvalue weighted by Crippen LogP contribution is -2.05. The quantitative estimate of drug-likeness (QED) is 0.509. The van der Waals surface area contributed by atoms with E-state index >= 15 is 0 Å². The zero-order chi connectivity index (χ0) is 15.0. The van der Waals surface area contributed by atoms with Crippen molar-refractivity contribution >= 4 is 7.94 Å². The van der Waals surface area contributed by atoms with E-state index in [-0.39, 0.29) is 0 Å². The van der Waals surface area contributed by atoms with Crippen LogP contribution >= 0.6 is 7.94 Å². The first-order valence-corrected chi connectivity index (χ1v) is 9.35. The molecule has 0 saturated heterocycles. The van der Waals surface area contributed by atoms with Crippen LogP contribution in [0.5, 0.6) is 5.75 Å². The van der Waals surface area contributed by atoms with Crippen molar-refractivity contribution in [1.82, 2.24) is 0 Å². The Kier molecular flexibility index (Phi) is 7.50. The lowest BCUT2D eigenvalue weighted by molar-refractivity contribution is 0.335. The third-order valence-electron chi connectivity index (χ3n) is 3.38. The Bertz CT molecular complexity index is 405. The Morgan fingerprint density at radius 3 is 2.30 bits per heavy atom. The third kappa shape index (κ3) is 6.69. The molecule has 0 aliphatic rings. The number of hydrogen-bond donors (Lipinski definition) is 2. The third-order valence-corrected chi connectivity index (χ3v) is 4.77. The van der Waals surface area contributed by atoms with Gasteiger partial charge in [-0.2, -0.15) is 9.79 Å². The van der Waals surface area contributed by atoms with Crippen LogP contribution in [0.2, 0.25) is 0 Å². The van der Waals surface area contributed by atoms with Crippen molar-refractivity contribution in [3.8, 4) is 5.75 Å². The predicted molar refractivity (Wildman–Crippen MR) is 86.1 cm³/mol. The predicted octanol–water partition coefficient (Wildman–Crippen LogP) is 4.79. The molecule has 0 bridgehead atoms. The number of benzene rings is 1. The van der Waals surface area contributed by atoms with Crippen molar-refractivity contribution in [3.63, 3.8) is 0 Å². The highest BCUT2D eigenvalue weighted by atomic mass is 31.2. The summed E-state index contributed by atoms with van der Waals surface area (Å²) in [6.45, 7) is 6.12. The second-order valence-corrected chi connectivity index (χ2v) is 7.48. The summed E-state index contributed by atoms with van der Waals surface area (Å²) in [7, 11) is -3.26. The Labute approximate surface area is 123 Å². The van der Waals surface area contributed by atoms with Crippen LogP contribution in [-0.4, -0.2) is 15.9 Å². The van der Waals surface area contributed by atoms with Gasteiger partial charge in [0.2, 0.25) is 0 Å². The normalized spacial score (nSPS) is 11.7. The lowest BCUT2D eigenvalue weighted by Gasteiger charge is -2.13. The van der Waals surface area contributed by atoms with Gasteiger partial charge in [-0.05, 0) is 38.3 Å². The average Bonchev–Trinajstić information content (AvgIpc) is 2.37. The molecule has 0 fully saturated rings. The first-order valence-electron chi connectivity index (χ1n) is 7.55. The van der Waals surface area contributed by atoms with E-state index in [0.717, 1.165) is 30.4 Å². The summed E-state index contributed by atoms with van der Waals surface area (Å²) in [5, 5.41) is 0. The van der Waals surface area contributed by atoms with Crippen LogP contribution in [0.1, 0.15) is 56.6 Å². The van der Waals surface area contributed by atoms with E-state index in [1.165, 1.54) is 19.3 Å². The van der Waals surface area contributed by atoms with Crippen LogP contribution in [0.4, 0.5) is 0 Å². The zero-order valence-corrected chi connectivity index (χ0v) is 13.8. The van der Waals surface area contributed by atoms with Gasteiger partial charge in [0.1, 0.15) is 6.16 Å². The van der Waals surface area contributed by atoms with E-state index in [0.29, 0.717) is 11.9 Å². The van der Waals surface area contributed by atoms with E-state index in [9.17, 15) is 9.79 Å². The molecule has 3 nitrogen and oxygen atoms in total. The first-order chi connectivity index (χ1) is 9.44. The molecule has 0 aliphatic carbocycles. The Hall–Kier alpha value is -0.630. The molecule has 0 atom stereocenters. The molecular weight excluding hydrogens is 271 g/mol. The fraction of sp³-hybridized carbons (Fsp3) is 0.625. The fourth-order valence-electron chi connectivity index (χ4n) is 2.20. The minimum absolute atomic E-state index is 0.354. The molecule has 1 rings (SSSR count). The second-order valence-electron chi connectivity index (χ2n) is 5.52. The summed E-state index contributed by atoms with van der Waals surface area (Å²) >= 11 is 0. The molecule has 0 unspecified atom stereocenters. The van der Waals surface area contributed by atoms with Gasteiger partial charge in [0.05, 0.1) is 0 Å². The molecule has 0 aliphatic heterocycles. The molecule has 0 saturated carbocycles. The summed E-state index contributed by atoms with van der Waals surface area (Å²) in [6.07, 6.45) is 7.10. The maximum absolute atomic E-state index is 10.0. The average molecular weight is 299 g/mol. The molecule has 0 aromatic heterocycles. The minimum Gasteiger partial charge on any atom is -0.287 e. The molecule has 1 aromatic carbocycles. The number of unbranched alkanes of at least 4 members (excludes halogenated alkanes) is 5. The zero-order valence-electron chi connectivity index (χ0n) is 12.9. The van der Waals surface area contributed by atoms with E-state index in [4.69, 9.17) is 4.52 Å². The highest BCUT2D eigenvalue weighted by Gasteiger charge is 2.36. The van der Waals surface area contributed by atoms with Gasteiger partial charge in [0, 0.05) is 0 Å². The second kappa shape index (κ2) is 8.61. The van der Waals surface area contributed by atoms with E-state index in [1.807, 2.05) is 32.0 Å². The van der Waals surface area contributed by atoms with Crippen molar-refractivity contribution in [2.75, 3.05) is 6.16 Å². The van der Waals surface area contributed by atoms with Crippen molar-refractivity contribution in [3.05, 3.63) is 29.3 Å². The first kappa shape index (κ1) is 17.4. The standard InChI is InChI=1S/C16H28O3P/c1-4-5-6-7-8-9-12-20(17,18)19-16-11-10-14(2)13-15(16)3/h10-11,13,17-18H,4-9,12H2,1-3H3/q+1. The van der Waals surface area contributed by atoms with Crippen molar-refractivity contribution < 1.29 is 14.3 Å². The van der Waals surface area contributed by atoms with Gasteiger partial charge < -0.3 is 0 Å². The topological polar surface area (TPSA) is 49.7 Å². The van der Waals surface area contributed by atoms with Crippen LogP contribution in [0.25, 0.3) is 0 Å². The van der Waals surface area contributed by atoms with E-state index in [2.05, 4.69) is 6.92 Å². The largest absolute Gasteiger partial charge is 0.451 e. The summed E-state index contributed by atoms with van der Waals surface area (Å²) in [4.78, 5) is 20.0. The Morgan fingerprint density at radius 1 is 1.00 bits per heavy atom. The SMILES string of the molecule is CCCCCCCC[P+](O)(O)Oc1ccc(C)cc1C. The van der Waals surface area contributed by atoms with Crippen LogP contribution in [0, 0.1) is 13.8 Å². The molecule has 4 heteroatoms. The van der Waals surface area contributed by atoms with E-state index < -0.39 is 7.94 Å². The smallest absolute Gasteiger partial charge is 0.287 e. The van der Waals surface area contributed by atoms with Crippen molar-refractivity contribution in [2.45, 2.75) is 59.3 Å². The van der Waals surface area contributed by atoms with Gasteiger partial charge >= 0.3 is 7.94 Å². The molecule has 0 spiro atoms. The van der Waals surface area contributed by atoms with Crippen molar-refractivity contribution in [1.29, 1.82) is 0 Å².